The lowest BCUT2D eigenvalue weighted by Crippen LogP contribution is -2.47. The number of nitrogens with one attached hydrogen (secondary N) is 1. The van der Waals surface area contributed by atoms with Crippen molar-refractivity contribution in [1.29, 1.82) is 5.26 Å². The molecule has 2 rings (SSSR count). The van der Waals surface area contributed by atoms with Crippen molar-refractivity contribution in [2.24, 2.45) is 0 Å². The summed E-state index contributed by atoms with van der Waals surface area (Å²) in [6, 6.07) is 4.29. The van der Waals surface area contributed by atoms with Crippen LogP contribution in [0.2, 0.25) is 0 Å². The molecule has 0 saturated heterocycles. The summed E-state index contributed by atoms with van der Waals surface area (Å²) in [7, 11) is -4.21. The second-order valence-electron chi connectivity index (χ2n) is 5.29. The number of hydrogen-bond acceptors (Lipinski definition) is 3. The minimum atomic E-state index is -4.21. The van der Waals surface area contributed by atoms with Gasteiger partial charge in [-0.25, -0.2) is 17.2 Å². The molecule has 4 nitrogen and oxygen atoms in total. The molecular formula is C14H16F2N2O2S. The molecule has 114 valence electrons. The van der Waals surface area contributed by atoms with E-state index in [1.807, 2.05) is 6.07 Å². The molecule has 0 unspecified atom stereocenters. The van der Waals surface area contributed by atoms with Crippen LogP contribution in [0.5, 0.6) is 0 Å². The Morgan fingerprint density at radius 1 is 1.14 bits per heavy atom. The van der Waals surface area contributed by atoms with E-state index in [0.717, 1.165) is 37.8 Å². The van der Waals surface area contributed by atoms with Crippen LogP contribution in [-0.2, 0) is 10.0 Å². The Labute approximate surface area is 122 Å². The quantitative estimate of drug-likeness (QED) is 0.872. The maximum atomic E-state index is 13.7. The van der Waals surface area contributed by atoms with Crippen molar-refractivity contribution in [3.63, 3.8) is 0 Å². The zero-order chi connectivity index (χ0) is 15.5. The monoisotopic (exact) mass is 314 g/mol. The summed E-state index contributed by atoms with van der Waals surface area (Å²) in [5, 5.41) is 9.36. The Morgan fingerprint density at radius 2 is 1.76 bits per heavy atom. The van der Waals surface area contributed by atoms with Gasteiger partial charge in [0.05, 0.1) is 6.07 Å². The average Bonchev–Trinajstić information content (AvgIpc) is 2.64. The molecule has 0 spiro atoms. The lowest BCUT2D eigenvalue weighted by molar-refractivity contribution is 0.420. The highest BCUT2D eigenvalue weighted by molar-refractivity contribution is 7.89. The van der Waals surface area contributed by atoms with Gasteiger partial charge in [0.25, 0.3) is 0 Å². The number of nitrogens with zero attached hydrogens (tertiary/aromatic N) is 1. The number of hydrogen-bond donors (Lipinski definition) is 1. The van der Waals surface area contributed by atoms with Crippen molar-refractivity contribution in [1.82, 2.24) is 4.72 Å². The molecule has 7 heteroatoms. The second kappa shape index (κ2) is 6.08. The first-order chi connectivity index (χ1) is 9.88. The van der Waals surface area contributed by atoms with Crippen molar-refractivity contribution in [2.45, 2.75) is 49.0 Å². The predicted octanol–water partition coefficient (Wildman–Crippen LogP) is 2.86. The summed E-state index contributed by atoms with van der Waals surface area (Å²) in [6.45, 7) is 0. The van der Waals surface area contributed by atoms with Gasteiger partial charge in [0.15, 0.2) is 0 Å². The molecule has 1 aromatic rings. The van der Waals surface area contributed by atoms with Crippen LogP contribution in [0.4, 0.5) is 8.78 Å². The first kappa shape index (κ1) is 15.9. The van der Waals surface area contributed by atoms with E-state index >= 15 is 0 Å². The highest BCUT2D eigenvalue weighted by Crippen LogP contribution is 2.29. The van der Waals surface area contributed by atoms with Crippen LogP contribution in [0.25, 0.3) is 0 Å². The molecule has 0 bridgehead atoms. The highest BCUT2D eigenvalue weighted by Gasteiger charge is 2.36. The normalized spacial score (nSPS) is 18.7. The largest absolute Gasteiger partial charge is 0.244 e. The van der Waals surface area contributed by atoms with Crippen molar-refractivity contribution in [3.8, 4) is 6.07 Å². The van der Waals surface area contributed by atoms with E-state index in [2.05, 4.69) is 4.72 Å². The summed E-state index contributed by atoms with van der Waals surface area (Å²) >= 11 is 0. The molecule has 1 N–H and O–H groups in total. The first-order valence-electron chi connectivity index (χ1n) is 6.79. The van der Waals surface area contributed by atoms with E-state index in [4.69, 9.17) is 0 Å². The molecule has 1 aromatic carbocycles. The number of benzene rings is 1. The van der Waals surface area contributed by atoms with Crippen LogP contribution in [0.15, 0.2) is 23.1 Å². The molecule has 0 aromatic heterocycles. The highest BCUT2D eigenvalue weighted by atomic mass is 32.2. The third-order valence-electron chi connectivity index (χ3n) is 3.68. The summed E-state index contributed by atoms with van der Waals surface area (Å²) in [5.41, 5.74) is -1.21. The minimum Gasteiger partial charge on any atom is -0.207 e. The fourth-order valence-corrected chi connectivity index (χ4v) is 4.01. The van der Waals surface area contributed by atoms with Crippen LogP contribution in [-0.4, -0.2) is 14.0 Å². The van der Waals surface area contributed by atoms with Crippen LogP contribution < -0.4 is 4.72 Å². The third kappa shape index (κ3) is 3.57. The fraction of sp³-hybridized carbons (Fsp3) is 0.500. The van der Waals surface area contributed by atoms with Gasteiger partial charge >= 0.3 is 0 Å². The zero-order valence-electron chi connectivity index (χ0n) is 11.4. The lowest BCUT2D eigenvalue weighted by atomic mass is 9.94. The van der Waals surface area contributed by atoms with Gasteiger partial charge in [-0.3, -0.25) is 0 Å². The van der Waals surface area contributed by atoms with Crippen LogP contribution in [0, 0.1) is 23.0 Å². The van der Waals surface area contributed by atoms with Crippen molar-refractivity contribution in [3.05, 3.63) is 29.8 Å². The summed E-state index contributed by atoms with van der Waals surface area (Å²) in [5.74, 6) is -2.01. The molecule has 1 aliphatic carbocycles. The van der Waals surface area contributed by atoms with Crippen LogP contribution in [0.3, 0.4) is 0 Å². The Morgan fingerprint density at radius 3 is 2.29 bits per heavy atom. The van der Waals surface area contributed by atoms with E-state index in [-0.39, 0.29) is 0 Å². The average molecular weight is 314 g/mol. The number of halogens is 2. The third-order valence-corrected chi connectivity index (χ3v) is 5.25. The van der Waals surface area contributed by atoms with Gasteiger partial charge in [-0.05, 0) is 25.0 Å². The lowest BCUT2D eigenvalue weighted by Gasteiger charge is -2.26. The van der Waals surface area contributed by atoms with E-state index in [1.165, 1.54) is 0 Å². The van der Waals surface area contributed by atoms with Gasteiger partial charge in [-0.2, -0.15) is 9.98 Å². The van der Waals surface area contributed by atoms with Gasteiger partial charge in [-0.1, -0.05) is 25.7 Å². The van der Waals surface area contributed by atoms with Gasteiger partial charge in [0.1, 0.15) is 22.1 Å². The van der Waals surface area contributed by atoms with Crippen molar-refractivity contribution in [2.75, 3.05) is 0 Å². The minimum absolute atomic E-state index is 0.394. The maximum absolute atomic E-state index is 13.7. The predicted molar refractivity (Wildman–Crippen MR) is 72.7 cm³/mol. The second-order valence-corrected chi connectivity index (χ2v) is 6.94. The summed E-state index contributed by atoms with van der Waals surface area (Å²) in [6.07, 6.45) is 4.15. The van der Waals surface area contributed by atoms with Crippen molar-refractivity contribution >= 4 is 10.0 Å². The molecule has 0 aliphatic heterocycles. The molecule has 0 atom stereocenters. The molecule has 0 amide bonds. The number of rotatable bonds is 3. The van der Waals surface area contributed by atoms with E-state index < -0.39 is 32.1 Å². The van der Waals surface area contributed by atoms with Crippen LogP contribution >= 0.6 is 0 Å². The number of sulfonamides is 1. The molecular weight excluding hydrogens is 298 g/mol. The van der Waals surface area contributed by atoms with Crippen molar-refractivity contribution < 1.29 is 17.2 Å². The SMILES string of the molecule is N#CC1(NS(=O)(=O)c2ccc(F)cc2F)CCCCCC1. The maximum Gasteiger partial charge on any atom is 0.244 e. The number of nitriles is 1. The molecule has 0 heterocycles. The molecule has 0 radical (unpaired) electrons. The van der Waals surface area contributed by atoms with Crippen LogP contribution in [0.1, 0.15) is 38.5 Å². The first-order valence-corrected chi connectivity index (χ1v) is 8.27. The molecule has 1 saturated carbocycles. The van der Waals surface area contributed by atoms with E-state index in [9.17, 15) is 22.5 Å². The Bertz CT molecular complexity index is 660. The zero-order valence-corrected chi connectivity index (χ0v) is 12.2. The van der Waals surface area contributed by atoms with E-state index in [0.29, 0.717) is 18.9 Å². The van der Waals surface area contributed by atoms with Gasteiger partial charge in [0.2, 0.25) is 10.0 Å². The summed E-state index contributed by atoms with van der Waals surface area (Å²) < 4.78 is 53.4. The van der Waals surface area contributed by atoms with Gasteiger partial charge in [0, 0.05) is 6.07 Å². The smallest absolute Gasteiger partial charge is 0.207 e. The Hall–Kier alpha value is -1.52. The summed E-state index contributed by atoms with van der Waals surface area (Å²) in [4.78, 5) is -0.636. The molecule has 21 heavy (non-hydrogen) atoms. The van der Waals surface area contributed by atoms with Gasteiger partial charge in [-0.15, -0.1) is 0 Å². The topological polar surface area (TPSA) is 70.0 Å². The Balaban J connectivity index is 2.33. The Kier molecular flexibility index (Phi) is 4.59. The van der Waals surface area contributed by atoms with E-state index in [1.54, 1.807) is 0 Å². The molecule has 1 fully saturated rings. The fourth-order valence-electron chi connectivity index (χ4n) is 2.57. The van der Waals surface area contributed by atoms with Gasteiger partial charge < -0.3 is 0 Å². The molecule has 1 aliphatic rings. The standard InChI is InChI=1S/C14H16F2N2O2S/c15-11-5-6-13(12(16)9-11)21(19,20)18-14(10-17)7-3-1-2-4-8-14/h5-6,9,18H,1-4,7-8H2.